The number of rotatable bonds is 0. The molecule has 2 aromatic rings. The molecule has 0 bridgehead atoms. The maximum Gasteiger partial charge on any atom is -0.00311 e. The van der Waals surface area contributed by atoms with Gasteiger partial charge in [-0.2, -0.15) is 0 Å². The summed E-state index contributed by atoms with van der Waals surface area (Å²) < 4.78 is 0. The molecule has 1 aliphatic rings. The van der Waals surface area contributed by atoms with Gasteiger partial charge in [0.15, 0.2) is 0 Å². The molecule has 0 aromatic heterocycles. The van der Waals surface area contributed by atoms with Crippen LogP contribution in [0.2, 0.25) is 0 Å². The van der Waals surface area contributed by atoms with Crippen molar-refractivity contribution in [3.05, 3.63) is 47.5 Å². The van der Waals surface area contributed by atoms with Crippen molar-refractivity contribution < 1.29 is 0 Å². The summed E-state index contributed by atoms with van der Waals surface area (Å²) in [6, 6.07) is 13.4. The van der Waals surface area contributed by atoms with E-state index in [1.165, 1.54) is 21.9 Å². The standard InChI is InChI=1S/C15H16/c1-10-12-8-4-6-11-7-5-9-13(14(11)12)15(10,2)3/h4-10H,1-3H3. The monoisotopic (exact) mass is 196 g/mol. The van der Waals surface area contributed by atoms with Gasteiger partial charge in [0.25, 0.3) is 0 Å². The van der Waals surface area contributed by atoms with E-state index in [-0.39, 0.29) is 5.41 Å². The van der Waals surface area contributed by atoms with Gasteiger partial charge in [-0.1, -0.05) is 57.2 Å². The van der Waals surface area contributed by atoms with E-state index in [1.54, 1.807) is 0 Å². The minimum absolute atomic E-state index is 0.281. The molecule has 0 spiro atoms. The van der Waals surface area contributed by atoms with Crippen LogP contribution in [0.5, 0.6) is 0 Å². The Morgan fingerprint density at radius 2 is 1.67 bits per heavy atom. The molecule has 3 rings (SSSR count). The largest absolute Gasteiger partial charge is 0.0613 e. The molecule has 1 atom stereocenters. The van der Waals surface area contributed by atoms with Gasteiger partial charge in [0.1, 0.15) is 0 Å². The zero-order valence-corrected chi connectivity index (χ0v) is 9.54. The molecule has 76 valence electrons. The molecule has 0 amide bonds. The van der Waals surface area contributed by atoms with Crippen molar-refractivity contribution in [2.45, 2.75) is 32.1 Å². The molecule has 1 aliphatic carbocycles. The molecule has 0 heterocycles. The van der Waals surface area contributed by atoms with E-state index in [2.05, 4.69) is 57.2 Å². The highest BCUT2D eigenvalue weighted by molar-refractivity contribution is 5.92. The van der Waals surface area contributed by atoms with E-state index in [9.17, 15) is 0 Å². The third-order valence-corrected chi connectivity index (χ3v) is 4.18. The molecule has 0 nitrogen and oxygen atoms in total. The molecule has 1 unspecified atom stereocenters. The molecule has 0 saturated heterocycles. The van der Waals surface area contributed by atoms with Crippen LogP contribution >= 0.6 is 0 Å². The Hall–Kier alpha value is -1.30. The molecule has 0 N–H and O–H groups in total. The summed E-state index contributed by atoms with van der Waals surface area (Å²) in [6.07, 6.45) is 0. The van der Waals surface area contributed by atoms with Gasteiger partial charge >= 0.3 is 0 Å². The van der Waals surface area contributed by atoms with Gasteiger partial charge in [-0.05, 0) is 33.2 Å². The smallest absolute Gasteiger partial charge is 0.00311 e. The van der Waals surface area contributed by atoms with Gasteiger partial charge in [-0.15, -0.1) is 0 Å². The second kappa shape index (κ2) is 2.63. The van der Waals surface area contributed by atoms with Crippen LogP contribution in [0.25, 0.3) is 10.8 Å². The Kier molecular flexibility index (Phi) is 1.57. The normalized spacial score (nSPS) is 22.2. The van der Waals surface area contributed by atoms with Gasteiger partial charge < -0.3 is 0 Å². The van der Waals surface area contributed by atoms with Gasteiger partial charge in [-0.25, -0.2) is 0 Å². The first-order valence-corrected chi connectivity index (χ1v) is 5.64. The van der Waals surface area contributed by atoms with Gasteiger partial charge in [0.05, 0.1) is 0 Å². The van der Waals surface area contributed by atoms with Crippen LogP contribution in [0.15, 0.2) is 36.4 Å². The summed E-state index contributed by atoms with van der Waals surface area (Å²) in [5.74, 6) is 0.624. The fourth-order valence-corrected chi connectivity index (χ4v) is 2.89. The zero-order chi connectivity index (χ0) is 10.6. The fraction of sp³-hybridized carbons (Fsp3) is 0.333. The van der Waals surface area contributed by atoms with E-state index in [0.717, 1.165) is 0 Å². The fourth-order valence-electron chi connectivity index (χ4n) is 2.89. The summed E-state index contributed by atoms with van der Waals surface area (Å²) >= 11 is 0. The Labute approximate surface area is 90.9 Å². The third kappa shape index (κ3) is 0.971. The molecule has 0 saturated carbocycles. The molecular weight excluding hydrogens is 180 g/mol. The van der Waals surface area contributed by atoms with E-state index >= 15 is 0 Å². The zero-order valence-electron chi connectivity index (χ0n) is 9.54. The van der Waals surface area contributed by atoms with Crippen LogP contribution in [0.1, 0.15) is 37.8 Å². The van der Waals surface area contributed by atoms with Crippen LogP contribution in [-0.2, 0) is 5.41 Å². The second-order valence-electron chi connectivity index (χ2n) is 5.19. The van der Waals surface area contributed by atoms with Crippen molar-refractivity contribution >= 4 is 10.8 Å². The van der Waals surface area contributed by atoms with Crippen molar-refractivity contribution in [1.29, 1.82) is 0 Å². The lowest BCUT2D eigenvalue weighted by Crippen LogP contribution is -2.19. The van der Waals surface area contributed by atoms with Crippen molar-refractivity contribution in [3.8, 4) is 0 Å². The highest BCUT2D eigenvalue weighted by atomic mass is 14.4. The Morgan fingerprint density at radius 3 is 2.40 bits per heavy atom. The van der Waals surface area contributed by atoms with Crippen molar-refractivity contribution in [2.24, 2.45) is 0 Å². The summed E-state index contributed by atoms with van der Waals surface area (Å²) in [6.45, 7) is 7.05. The summed E-state index contributed by atoms with van der Waals surface area (Å²) in [5.41, 5.74) is 3.32. The third-order valence-electron chi connectivity index (χ3n) is 4.18. The van der Waals surface area contributed by atoms with Gasteiger partial charge in [-0.3, -0.25) is 0 Å². The molecule has 2 aromatic carbocycles. The van der Waals surface area contributed by atoms with Crippen LogP contribution in [0.3, 0.4) is 0 Å². The lowest BCUT2D eigenvalue weighted by molar-refractivity contribution is 0.459. The van der Waals surface area contributed by atoms with E-state index in [1.807, 2.05) is 0 Å². The average Bonchev–Trinajstić information content (AvgIpc) is 2.43. The van der Waals surface area contributed by atoms with Crippen LogP contribution in [0.4, 0.5) is 0 Å². The minimum Gasteiger partial charge on any atom is -0.0613 e. The quantitative estimate of drug-likeness (QED) is 0.591. The highest BCUT2D eigenvalue weighted by Gasteiger charge is 2.37. The maximum atomic E-state index is 2.35. The van der Waals surface area contributed by atoms with Crippen LogP contribution in [-0.4, -0.2) is 0 Å². The van der Waals surface area contributed by atoms with Gasteiger partial charge in [0, 0.05) is 0 Å². The van der Waals surface area contributed by atoms with E-state index in [4.69, 9.17) is 0 Å². The average molecular weight is 196 g/mol. The van der Waals surface area contributed by atoms with Crippen LogP contribution < -0.4 is 0 Å². The Bertz CT molecular complexity index is 529. The van der Waals surface area contributed by atoms with Crippen LogP contribution in [0, 0.1) is 0 Å². The molecule has 0 radical (unpaired) electrons. The lowest BCUT2D eigenvalue weighted by atomic mass is 9.78. The Balaban J connectivity index is 2.51. The predicted octanol–water partition coefficient (Wildman–Crippen LogP) is 4.23. The highest BCUT2D eigenvalue weighted by Crippen LogP contribution is 2.49. The summed E-state index contributed by atoms with van der Waals surface area (Å²) in [7, 11) is 0. The molecule has 15 heavy (non-hydrogen) atoms. The second-order valence-corrected chi connectivity index (χ2v) is 5.19. The summed E-state index contributed by atoms with van der Waals surface area (Å²) in [5, 5.41) is 2.89. The van der Waals surface area contributed by atoms with Gasteiger partial charge in [0.2, 0.25) is 0 Å². The number of hydrogen-bond donors (Lipinski definition) is 0. The summed E-state index contributed by atoms with van der Waals surface area (Å²) in [4.78, 5) is 0. The first-order chi connectivity index (χ1) is 7.12. The van der Waals surface area contributed by atoms with Crippen molar-refractivity contribution in [2.75, 3.05) is 0 Å². The number of hydrogen-bond acceptors (Lipinski definition) is 0. The molecule has 0 heteroatoms. The SMILES string of the molecule is CC1c2cccc3cccc(c23)C1(C)C. The van der Waals surface area contributed by atoms with E-state index in [0.29, 0.717) is 5.92 Å². The molecule has 0 aliphatic heterocycles. The minimum atomic E-state index is 0.281. The van der Waals surface area contributed by atoms with Crippen molar-refractivity contribution in [1.82, 2.24) is 0 Å². The van der Waals surface area contributed by atoms with E-state index < -0.39 is 0 Å². The topological polar surface area (TPSA) is 0 Å². The lowest BCUT2D eigenvalue weighted by Gasteiger charge is -2.25. The first-order valence-electron chi connectivity index (χ1n) is 5.64. The van der Waals surface area contributed by atoms with Crippen molar-refractivity contribution in [3.63, 3.8) is 0 Å². The first kappa shape index (κ1) is 8.96. The maximum absolute atomic E-state index is 2.35. The predicted molar refractivity (Wildman–Crippen MR) is 65.4 cm³/mol. The number of benzene rings is 2. The Morgan fingerprint density at radius 1 is 1.00 bits per heavy atom. The molecular formula is C15H16. The molecule has 0 fully saturated rings.